The van der Waals surface area contributed by atoms with Crippen LogP contribution in [0.2, 0.25) is 0 Å². The standard InChI is InChI=1S/C65H129N14O7.CH4/c1-3-5-7-9-11-13-15-17-19-40-62(83)75(50-33-47-72-73-58(37-23-28-44-68)61(82)53-71-56(54-80)35-21-26-42-66)48-31-32-49-76(63(84)41-20-18-16-14-12-10-8-6-4-2)51-34-52-77-64(85)60(39-25-30-46-70)79(77)65(86)59(38-24-29-45-69)78(79)74-57(55-81)36-22-27-43-67;/h54-60,71-74H,3-53,66-70H2,1-2H3;1H4/q+1;/t56-,57-,58+,59+,60+,79?;/m1./s1. The van der Waals surface area contributed by atoms with E-state index >= 15 is 0 Å². The SMILES string of the molecule is C.CCCCCCCCCCCC(=O)N(CCCCN(CCCN1C(=O)[C@H](CCCCN)[N+]12C(=O)[C@H](CCCCN)N2N[C@@H](C=O)CCCCN)C(=O)CCCCCCCCCCC)CCCNN[C@@H](CCCCN)C(=O)CN[C@@H](C=O)CCCCN. The van der Waals surface area contributed by atoms with E-state index in [1.807, 2.05) is 14.9 Å². The molecule has 21 heteroatoms. The van der Waals surface area contributed by atoms with E-state index in [-0.39, 0.29) is 54.6 Å². The third kappa shape index (κ3) is 32.0. The molecule has 87 heavy (non-hydrogen) atoms. The van der Waals surface area contributed by atoms with E-state index in [1.54, 1.807) is 5.01 Å². The summed E-state index contributed by atoms with van der Waals surface area (Å²) < 4.78 is -0.289. The highest BCUT2D eigenvalue weighted by atomic mass is 16.3. The zero-order valence-electron chi connectivity index (χ0n) is 54.6. The number of hydrazine groups is 2. The summed E-state index contributed by atoms with van der Waals surface area (Å²) in [7, 11) is 0. The molecule has 0 aromatic carbocycles. The van der Waals surface area contributed by atoms with Crippen molar-refractivity contribution in [3.05, 3.63) is 0 Å². The van der Waals surface area contributed by atoms with Gasteiger partial charge in [0, 0.05) is 52.0 Å². The summed E-state index contributed by atoms with van der Waals surface area (Å²) in [5.41, 5.74) is 39.0. The van der Waals surface area contributed by atoms with Crippen LogP contribution in [-0.2, 0) is 33.6 Å². The van der Waals surface area contributed by atoms with Gasteiger partial charge in [0.2, 0.25) is 17.9 Å². The smallest absolute Gasteiger partial charge is 0.343 e. The van der Waals surface area contributed by atoms with Gasteiger partial charge in [-0.2, -0.15) is 10.4 Å². The Morgan fingerprint density at radius 2 is 0.966 bits per heavy atom. The third-order valence-corrected chi connectivity index (χ3v) is 17.5. The number of hydrogen-bond acceptors (Lipinski definition) is 17. The van der Waals surface area contributed by atoms with Crippen molar-refractivity contribution in [2.75, 3.05) is 78.5 Å². The van der Waals surface area contributed by atoms with Gasteiger partial charge < -0.3 is 53.4 Å². The number of carbonyl (C=O) groups excluding carboxylic acids is 7. The van der Waals surface area contributed by atoms with E-state index in [9.17, 15) is 33.6 Å². The van der Waals surface area contributed by atoms with Crippen LogP contribution >= 0.6 is 0 Å². The Labute approximate surface area is 528 Å². The van der Waals surface area contributed by atoms with Gasteiger partial charge in [0.25, 0.3) is 0 Å². The summed E-state index contributed by atoms with van der Waals surface area (Å²) in [6.45, 7) is 9.92. The van der Waals surface area contributed by atoms with Crippen molar-refractivity contribution >= 4 is 42.0 Å². The number of aldehydes is 2. The average Bonchev–Trinajstić information content (AvgIpc) is 0.672. The second kappa shape index (κ2) is 53.3. The lowest BCUT2D eigenvalue weighted by Gasteiger charge is -2.65. The molecule has 2 heterocycles. The van der Waals surface area contributed by atoms with Crippen LogP contribution in [-0.4, -0.2) is 175 Å². The van der Waals surface area contributed by atoms with Crippen LogP contribution < -0.4 is 50.3 Å². The predicted octanol–water partition coefficient (Wildman–Crippen LogP) is 7.66. The molecule has 0 aromatic heterocycles. The molecule has 0 bridgehead atoms. The Kier molecular flexibility index (Phi) is 50.1. The molecule has 1 spiro atoms. The fraction of sp³-hybridized carbons (Fsp3) is 0.894. The topological polar surface area (TPSA) is 311 Å². The Balaban J connectivity index is 0.0000378. The molecule has 2 rings (SSSR count). The molecule has 2 fully saturated rings. The zero-order valence-corrected chi connectivity index (χ0v) is 54.6. The van der Waals surface area contributed by atoms with Crippen LogP contribution in [0.5, 0.6) is 0 Å². The molecular weight excluding hydrogens is 1100 g/mol. The first kappa shape index (κ1) is 81.7. The minimum absolute atomic E-state index is 0. The summed E-state index contributed by atoms with van der Waals surface area (Å²) in [5, 5.41) is 6.65. The highest BCUT2D eigenvalue weighted by molar-refractivity contribution is 5.92. The Bertz CT molecular complexity index is 1790. The Morgan fingerprint density at radius 1 is 0.529 bits per heavy atom. The lowest BCUT2D eigenvalue weighted by atomic mass is 9.94. The minimum Gasteiger partial charge on any atom is -0.343 e. The largest absolute Gasteiger partial charge is 0.384 e. The van der Waals surface area contributed by atoms with Crippen molar-refractivity contribution in [1.29, 1.82) is 0 Å². The van der Waals surface area contributed by atoms with Crippen molar-refractivity contribution in [2.24, 2.45) is 28.7 Å². The Hall–Kier alpha value is -3.35. The third-order valence-electron chi connectivity index (χ3n) is 17.5. The maximum atomic E-state index is 14.7. The number of nitrogens with one attached hydrogen (secondary N) is 4. The predicted molar refractivity (Wildman–Crippen MR) is 354 cm³/mol. The van der Waals surface area contributed by atoms with E-state index in [0.717, 1.165) is 109 Å². The number of carbonyl (C=O) groups is 7. The van der Waals surface area contributed by atoms with Gasteiger partial charge in [-0.1, -0.05) is 148 Å². The van der Waals surface area contributed by atoms with Crippen molar-refractivity contribution in [2.45, 2.75) is 302 Å². The van der Waals surface area contributed by atoms with Crippen LogP contribution in [0.3, 0.4) is 0 Å². The monoisotopic (exact) mass is 1230 g/mol. The fourth-order valence-corrected chi connectivity index (χ4v) is 12.2. The average molecular weight is 1230 g/mol. The number of ketones is 1. The normalized spacial score (nSPS) is 17.6. The number of Topliss-reactive ketones (excluding diaryl/α,β-unsaturated/α-hetero) is 1. The molecular formula is C66H133N14O7+. The van der Waals surface area contributed by atoms with Crippen LogP contribution in [0.15, 0.2) is 0 Å². The number of nitrogens with two attached hydrogens (primary N) is 5. The summed E-state index contributed by atoms with van der Waals surface area (Å²) >= 11 is 0. The van der Waals surface area contributed by atoms with E-state index in [2.05, 4.69) is 35.4 Å². The van der Waals surface area contributed by atoms with E-state index in [0.29, 0.717) is 142 Å². The summed E-state index contributed by atoms with van der Waals surface area (Å²) in [6, 6.07) is -2.60. The number of amides is 4. The molecule has 0 radical (unpaired) electrons. The van der Waals surface area contributed by atoms with E-state index in [1.165, 1.54) is 77.0 Å². The number of unbranched alkanes of at least 4 members (excludes halogenated alkanes) is 22. The molecule has 2 aliphatic rings. The molecule has 14 N–H and O–H groups in total. The van der Waals surface area contributed by atoms with E-state index < -0.39 is 30.2 Å². The van der Waals surface area contributed by atoms with Crippen LogP contribution in [0.25, 0.3) is 0 Å². The summed E-state index contributed by atoms with van der Waals surface area (Å²) in [4.78, 5) is 98.9. The van der Waals surface area contributed by atoms with Crippen LogP contribution in [0.1, 0.15) is 272 Å². The van der Waals surface area contributed by atoms with Crippen LogP contribution in [0, 0.1) is 0 Å². The van der Waals surface area contributed by atoms with Crippen molar-refractivity contribution in [3.8, 4) is 0 Å². The second-order valence-electron chi connectivity index (χ2n) is 24.7. The fourth-order valence-electron chi connectivity index (χ4n) is 12.2. The highest BCUT2D eigenvalue weighted by Crippen LogP contribution is 2.46. The maximum absolute atomic E-state index is 14.7. The van der Waals surface area contributed by atoms with Crippen LogP contribution in [0.4, 0.5) is 0 Å². The molecule has 4 amide bonds. The van der Waals surface area contributed by atoms with Gasteiger partial charge in [-0.3, -0.25) is 24.6 Å². The molecule has 0 saturated carbocycles. The highest BCUT2D eigenvalue weighted by Gasteiger charge is 2.79. The molecule has 21 nitrogen and oxygen atoms in total. The van der Waals surface area contributed by atoms with Crippen molar-refractivity contribution < 1.29 is 38.3 Å². The zero-order chi connectivity index (χ0) is 62.9. The van der Waals surface area contributed by atoms with Crippen molar-refractivity contribution in [3.63, 3.8) is 0 Å². The molecule has 6 atom stereocenters. The second-order valence-corrected chi connectivity index (χ2v) is 24.7. The van der Waals surface area contributed by atoms with Gasteiger partial charge in [0.05, 0.1) is 31.2 Å². The molecule has 1 unspecified atom stereocenters. The lowest BCUT2D eigenvalue weighted by molar-refractivity contribution is -1.13. The number of nitrogens with zero attached hydrogens (tertiary/aromatic N) is 5. The number of rotatable bonds is 63. The molecule has 508 valence electrons. The summed E-state index contributed by atoms with van der Waals surface area (Å²) in [5.74, 6) is 0.00435. The van der Waals surface area contributed by atoms with Gasteiger partial charge in [0.15, 0.2) is 11.8 Å². The quantitative estimate of drug-likeness (QED) is 0.0122. The van der Waals surface area contributed by atoms with Crippen molar-refractivity contribution in [1.82, 2.24) is 41.5 Å². The van der Waals surface area contributed by atoms with Gasteiger partial charge in [-0.15, -0.1) is 0 Å². The first-order chi connectivity index (χ1) is 42.0. The van der Waals surface area contributed by atoms with Gasteiger partial charge in [-0.25, -0.2) is 10.2 Å². The molecule has 2 saturated heterocycles. The van der Waals surface area contributed by atoms with Gasteiger partial charge in [0.1, 0.15) is 12.6 Å². The molecule has 0 aromatic rings. The molecule has 2 aliphatic heterocycles. The maximum Gasteiger partial charge on any atom is 0.384 e. The first-order valence-electron chi connectivity index (χ1n) is 35.0. The van der Waals surface area contributed by atoms with Gasteiger partial charge >= 0.3 is 11.8 Å². The minimum atomic E-state index is -0.633. The first-order valence-corrected chi connectivity index (χ1v) is 35.0. The molecule has 0 aliphatic carbocycles. The van der Waals surface area contributed by atoms with Gasteiger partial charge in [-0.05, 0) is 147 Å². The summed E-state index contributed by atoms with van der Waals surface area (Å²) in [6.07, 6.45) is 36.4. The number of quaternary nitrogens is 1. The lowest BCUT2D eigenvalue weighted by Crippen LogP contribution is -2.99. The Morgan fingerprint density at radius 3 is 1.46 bits per heavy atom. The van der Waals surface area contributed by atoms with E-state index in [4.69, 9.17) is 28.7 Å². The number of hydrogen-bond donors (Lipinski definition) is 9.